The third-order valence-corrected chi connectivity index (χ3v) is 2.97. The van der Waals surface area contributed by atoms with Crippen molar-refractivity contribution in [3.63, 3.8) is 0 Å². The molecule has 0 aliphatic carbocycles. The fourth-order valence-corrected chi connectivity index (χ4v) is 1.90. The Balaban J connectivity index is 2.84. The van der Waals surface area contributed by atoms with E-state index in [1.54, 1.807) is 32.9 Å². The number of thiocarbonyl (C=S) groups is 1. The molecule has 0 fully saturated rings. The fraction of sp³-hybridized carbons (Fsp3) is 0.429. The number of hydrogen-bond acceptors (Lipinski definition) is 5. The van der Waals surface area contributed by atoms with Gasteiger partial charge in [-0.25, -0.2) is 14.6 Å². The van der Waals surface area contributed by atoms with Crippen molar-refractivity contribution in [2.24, 2.45) is 5.92 Å². The van der Waals surface area contributed by atoms with Crippen molar-refractivity contribution < 1.29 is 19.4 Å². The maximum Gasteiger partial charge on any atom is 0.341 e. The highest BCUT2D eigenvalue weighted by atomic mass is 32.1. The molecule has 3 N–H and O–H groups in total. The maximum absolute atomic E-state index is 11.8. The molecule has 1 aromatic rings. The summed E-state index contributed by atoms with van der Waals surface area (Å²) in [5, 5.41) is 14.6. The number of pyridine rings is 1. The summed E-state index contributed by atoms with van der Waals surface area (Å²) in [6.07, 6.45) is 1.49. The number of esters is 1. The Kier molecular flexibility index (Phi) is 6.71. The van der Waals surface area contributed by atoms with Gasteiger partial charge in [0, 0.05) is 6.20 Å². The first-order valence-corrected chi connectivity index (χ1v) is 7.20. The molecule has 0 unspecified atom stereocenters. The Morgan fingerprint density at radius 2 is 2.14 bits per heavy atom. The van der Waals surface area contributed by atoms with E-state index in [4.69, 9.17) is 22.1 Å². The van der Waals surface area contributed by atoms with Crippen LogP contribution in [0.5, 0.6) is 0 Å². The molecule has 1 rings (SSSR count). The van der Waals surface area contributed by atoms with E-state index in [0.29, 0.717) is 0 Å². The topological polar surface area (TPSA) is 101 Å². The highest BCUT2D eigenvalue weighted by molar-refractivity contribution is 7.80. The predicted octanol–water partition coefficient (Wildman–Crippen LogP) is 1.65. The van der Waals surface area contributed by atoms with Crippen LogP contribution in [0.2, 0.25) is 0 Å². The minimum atomic E-state index is -1.01. The number of aromatic nitrogens is 1. The number of anilines is 1. The molecular weight excluding hydrogens is 306 g/mol. The summed E-state index contributed by atoms with van der Waals surface area (Å²) < 4.78 is 4.93. The normalized spacial score (nSPS) is 11.6. The van der Waals surface area contributed by atoms with E-state index in [9.17, 15) is 9.59 Å². The number of rotatable bonds is 6. The van der Waals surface area contributed by atoms with Crippen molar-refractivity contribution in [3.05, 3.63) is 23.9 Å². The molecule has 0 aromatic carbocycles. The van der Waals surface area contributed by atoms with Gasteiger partial charge in [0.25, 0.3) is 0 Å². The van der Waals surface area contributed by atoms with Crippen LogP contribution in [-0.4, -0.2) is 39.8 Å². The second-order valence-corrected chi connectivity index (χ2v) is 5.19. The average Bonchev–Trinajstić information content (AvgIpc) is 2.45. The van der Waals surface area contributed by atoms with Crippen molar-refractivity contribution in [1.82, 2.24) is 10.3 Å². The van der Waals surface area contributed by atoms with E-state index in [1.165, 1.54) is 6.20 Å². The highest BCUT2D eigenvalue weighted by Gasteiger charge is 2.23. The number of aliphatic carboxylic acids is 1. The maximum atomic E-state index is 11.8. The Morgan fingerprint density at radius 3 is 2.68 bits per heavy atom. The minimum absolute atomic E-state index is 0.0744. The number of carboxylic acid groups (broad SMARTS) is 1. The lowest BCUT2D eigenvalue weighted by Gasteiger charge is -2.20. The van der Waals surface area contributed by atoms with Gasteiger partial charge in [0.1, 0.15) is 17.4 Å². The zero-order valence-corrected chi connectivity index (χ0v) is 13.4. The summed E-state index contributed by atoms with van der Waals surface area (Å²) in [5.41, 5.74) is 0.227. The SMILES string of the molecule is CCOC(=O)c1cccnc1NC(=S)N[C@H](C(=O)O)C(C)C. The van der Waals surface area contributed by atoms with E-state index in [1.807, 2.05) is 0 Å². The van der Waals surface area contributed by atoms with Crippen LogP contribution in [0, 0.1) is 5.92 Å². The first-order chi connectivity index (χ1) is 10.4. The summed E-state index contributed by atoms with van der Waals surface area (Å²) in [6.45, 7) is 5.47. The summed E-state index contributed by atoms with van der Waals surface area (Å²) >= 11 is 5.08. The third-order valence-electron chi connectivity index (χ3n) is 2.75. The van der Waals surface area contributed by atoms with Gasteiger partial charge < -0.3 is 20.5 Å². The van der Waals surface area contributed by atoms with E-state index in [-0.39, 0.29) is 29.0 Å². The fourth-order valence-electron chi connectivity index (χ4n) is 1.68. The smallest absolute Gasteiger partial charge is 0.341 e. The van der Waals surface area contributed by atoms with Crippen molar-refractivity contribution in [2.75, 3.05) is 11.9 Å². The Morgan fingerprint density at radius 1 is 1.45 bits per heavy atom. The molecule has 0 bridgehead atoms. The zero-order valence-electron chi connectivity index (χ0n) is 12.6. The van der Waals surface area contributed by atoms with Crippen molar-refractivity contribution in [2.45, 2.75) is 26.8 Å². The van der Waals surface area contributed by atoms with Gasteiger partial charge in [0.2, 0.25) is 0 Å². The lowest BCUT2D eigenvalue weighted by Crippen LogP contribution is -2.46. The van der Waals surface area contributed by atoms with E-state index in [0.717, 1.165) is 0 Å². The van der Waals surface area contributed by atoms with Crippen molar-refractivity contribution >= 4 is 35.1 Å². The molecule has 7 nitrogen and oxygen atoms in total. The predicted molar refractivity (Wildman–Crippen MR) is 85.8 cm³/mol. The molecule has 1 heterocycles. The molecule has 0 saturated heterocycles. The van der Waals surface area contributed by atoms with Gasteiger partial charge in [-0.2, -0.15) is 0 Å². The zero-order chi connectivity index (χ0) is 16.7. The molecule has 8 heteroatoms. The van der Waals surface area contributed by atoms with Gasteiger partial charge in [-0.15, -0.1) is 0 Å². The number of nitrogens with zero attached hydrogens (tertiary/aromatic N) is 1. The van der Waals surface area contributed by atoms with Gasteiger partial charge in [-0.3, -0.25) is 0 Å². The molecule has 0 spiro atoms. The van der Waals surface area contributed by atoms with E-state index >= 15 is 0 Å². The summed E-state index contributed by atoms with van der Waals surface area (Å²) in [5.74, 6) is -1.48. The van der Waals surface area contributed by atoms with Crippen LogP contribution in [0.3, 0.4) is 0 Å². The lowest BCUT2D eigenvalue weighted by molar-refractivity contribution is -0.140. The second-order valence-electron chi connectivity index (χ2n) is 4.78. The quantitative estimate of drug-likeness (QED) is 0.536. The van der Waals surface area contributed by atoms with Crippen molar-refractivity contribution in [3.8, 4) is 0 Å². The van der Waals surface area contributed by atoms with Gasteiger partial charge in [-0.1, -0.05) is 13.8 Å². The summed E-state index contributed by atoms with van der Waals surface area (Å²) in [6, 6.07) is 2.31. The summed E-state index contributed by atoms with van der Waals surface area (Å²) in [4.78, 5) is 27.0. The number of hydrogen-bond donors (Lipinski definition) is 3. The molecule has 0 aliphatic rings. The monoisotopic (exact) mass is 325 g/mol. The van der Waals surface area contributed by atoms with Crippen LogP contribution < -0.4 is 10.6 Å². The average molecular weight is 325 g/mol. The van der Waals surface area contributed by atoms with E-state index < -0.39 is 18.0 Å². The Hall–Kier alpha value is -2.22. The molecule has 1 atom stereocenters. The molecule has 0 amide bonds. The van der Waals surface area contributed by atoms with Gasteiger partial charge >= 0.3 is 11.9 Å². The Labute approximate surface area is 134 Å². The van der Waals surface area contributed by atoms with Gasteiger partial charge in [0.15, 0.2) is 5.11 Å². The minimum Gasteiger partial charge on any atom is -0.480 e. The molecule has 22 heavy (non-hydrogen) atoms. The van der Waals surface area contributed by atoms with Crippen LogP contribution in [0.1, 0.15) is 31.1 Å². The molecule has 1 aromatic heterocycles. The molecule has 0 saturated carbocycles. The molecular formula is C14H19N3O4S. The Bertz CT molecular complexity index is 563. The van der Waals surface area contributed by atoms with Crippen LogP contribution >= 0.6 is 12.2 Å². The number of ether oxygens (including phenoxy) is 1. The van der Waals surface area contributed by atoms with Gasteiger partial charge in [-0.05, 0) is 37.2 Å². The first kappa shape index (κ1) is 17.8. The molecule has 0 radical (unpaired) electrons. The lowest BCUT2D eigenvalue weighted by atomic mass is 10.1. The van der Waals surface area contributed by atoms with E-state index in [2.05, 4.69) is 15.6 Å². The third kappa shape index (κ3) is 4.96. The number of carbonyl (C=O) groups is 2. The molecule has 0 aliphatic heterocycles. The van der Waals surface area contributed by atoms with Crippen LogP contribution in [0.25, 0.3) is 0 Å². The first-order valence-electron chi connectivity index (χ1n) is 6.79. The molecule has 120 valence electrons. The van der Waals surface area contributed by atoms with Crippen LogP contribution in [-0.2, 0) is 9.53 Å². The van der Waals surface area contributed by atoms with Gasteiger partial charge in [0.05, 0.1) is 6.61 Å². The standard InChI is InChI=1S/C14H19N3O4S/c1-4-21-13(20)9-6-5-7-15-11(9)17-14(22)16-10(8(2)3)12(18)19/h5-8,10H,4H2,1-3H3,(H,18,19)(H2,15,16,17,22)/t10-/m0/s1. The largest absolute Gasteiger partial charge is 0.480 e. The summed E-state index contributed by atoms with van der Waals surface area (Å²) in [7, 11) is 0. The van der Waals surface area contributed by atoms with Crippen molar-refractivity contribution in [1.29, 1.82) is 0 Å². The van der Waals surface area contributed by atoms with Crippen LogP contribution in [0.15, 0.2) is 18.3 Å². The highest BCUT2D eigenvalue weighted by Crippen LogP contribution is 2.13. The second kappa shape index (κ2) is 8.28. The number of carbonyl (C=O) groups excluding carboxylic acids is 1. The van der Waals surface area contributed by atoms with Crippen LogP contribution in [0.4, 0.5) is 5.82 Å². The number of carboxylic acids is 1. The number of nitrogens with one attached hydrogen (secondary N) is 2.